The highest BCUT2D eigenvalue weighted by Gasteiger charge is 2.52. The lowest BCUT2D eigenvalue weighted by molar-refractivity contribution is -0.135. The first kappa shape index (κ1) is 20.5. The highest BCUT2D eigenvalue weighted by Crippen LogP contribution is 2.43. The summed E-state index contributed by atoms with van der Waals surface area (Å²) in [5.74, 6) is 0. The van der Waals surface area contributed by atoms with Gasteiger partial charge in [0.1, 0.15) is 29.7 Å². The molecule has 1 aliphatic rings. The lowest BCUT2D eigenvalue weighted by Gasteiger charge is -2.34. The van der Waals surface area contributed by atoms with E-state index in [1.165, 1.54) is 6.33 Å². The van der Waals surface area contributed by atoms with Gasteiger partial charge in [0.15, 0.2) is 0 Å². The number of hydrogen-bond donors (Lipinski definition) is 1. The predicted octanol–water partition coefficient (Wildman–Crippen LogP) is 3.62. The highest BCUT2D eigenvalue weighted by atomic mass is 79.9. The normalized spacial score (nSPS) is 25.5. The van der Waals surface area contributed by atoms with Crippen molar-refractivity contribution in [3.63, 3.8) is 0 Å². The van der Waals surface area contributed by atoms with Gasteiger partial charge in [0.05, 0.1) is 16.8 Å². The average Bonchev–Trinajstić information content (AvgIpc) is 3.14. The summed E-state index contributed by atoms with van der Waals surface area (Å²) in [5.41, 5.74) is 0.386. The number of nitrogens with zero attached hydrogens (tertiary/aromatic N) is 2. The molecule has 1 aliphatic heterocycles. The summed E-state index contributed by atoms with van der Waals surface area (Å²) in [7, 11) is 0. The van der Waals surface area contributed by atoms with Crippen LogP contribution in [0.4, 0.5) is 0 Å². The Morgan fingerprint density at radius 2 is 2.11 bits per heavy atom. The number of ether oxygens (including phenoxy) is 3. The fourth-order valence-corrected chi connectivity index (χ4v) is 4.05. The number of halogens is 1. The first-order chi connectivity index (χ1) is 13.0. The van der Waals surface area contributed by atoms with Gasteiger partial charge in [-0.25, -0.2) is 4.52 Å². The van der Waals surface area contributed by atoms with Crippen molar-refractivity contribution in [2.75, 3.05) is 19.8 Å². The minimum Gasteiger partial charge on any atom is -0.373 e. The van der Waals surface area contributed by atoms with E-state index in [4.69, 9.17) is 14.2 Å². The quantitative estimate of drug-likeness (QED) is 0.601. The summed E-state index contributed by atoms with van der Waals surface area (Å²) in [6.07, 6.45) is 4.95. The van der Waals surface area contributed by atoms with Gasteiger partial charge in [-0.3, -0.25) is 4.79 Å². The van der Waals surface area contributed by atoms with E-state index < -0.39 is 5.60 Å². The Hall–Kier alpha value is -1.22. The summed E-state index contributed by atoms with van der Waals surface area (Å²) < 4.78 is 20.9. The van der Waals surface area contributed by atoms with Crippen LogP contribution in [0.1, 0.15) is 58.3 Å². The number of fused-ring (bicyclic) bond motifs is 1. The smallest absolute Gasteiger partial charge is 0.276 e. The van der Waals surface area contributed by atoms with Gasteiger partial charge in [-0.1, -0.05) is 26.7 Å². The summed E-state index contributed by atoms with van der Waals surface area (Å²) >= 11 is 3.47. The van der Waals surface area contributed by atoms with Crippen LogP contribution in [0.2, 0.25) is 0 Å². The van der Waals surface area contributed by atoms with E-state index in [1.807, 2.05) is 13.0 Å². The Balaban J connectivity index is 1.95. The second-order valence-electron chi connectivity index (χ2n) is 7.11. The van der Waals surface area contributed by atoms with E-state index in [2.05, 4.69) is 39.9 Å². The van der Waals surface area contributed by atoms with Crippen molar-refractivity contribution in [2.45, 2.75) is 64.3 Å². The Labute approximate surface area is 167 Å². The topological polar surface area (TPSA) is 77.9 Å². The Kier molecular flexibility index (Phi) is 6.73. The van der Waals surface area contributed by atoms with Crippen molar-refractivity contribution in [1.29, 1.82) is 0 Å². The number of unbranched alkanes of at least 4 members (excludes halogenated alkanes) is 2. The molecule has 2 aromatic heterocycles. The molecule has 0 bridgehead atoms. The van der Waals surface area contributed by atoms with E-state index in [0.717, 1.165) is 31.4 Å². The molecule has 27 heavy (non-hydrogen) atoms. The first-order valence-corrected chi connectivity index (χ1v) is 10.4. The number of rotatable bonds is 9. The largest absolute Gasteiger partial charge is 0.373 e. The van der Waals surface area contributed by atoms with Crippen LogP contribution in [0.25, 0.3) is 5.52 Å². The number of aromatic nitrogens is 3. The molecule has 1 N–H and O–H groups in total. The molecule has 8 heteroatoms. The van der Waals surface area contributed by atoms with Crippen molar-refractivity contribution in [1.82, 2.24) is 14.6 Å². The van der Waals surface area contributed by atoms with Crippen LogP contribution in [0.3, 0.4) is 0 Å². The zero-order chi connectivity index (χ0) is 19.4. The second kappa shape index (κ2) is 8.86. The van der Waals surface area contributed by atoms with Gasteiger partial charge in [-0.15, -0.1) is 0 Å². The van der Waals surface area contributed by atoms with Crippen molar-refractivity contribution in [3.05, 3.63) is 32.9 Å². The maximum Gasteiger partial charge on any atom is 0.276 e. The molecule has 1 fully saturated rings. The van der Waals surface area contributed by atoms with Crippen LogP contribution < -0.4 is 5.56 Å². The molecular weight excluding hydrogens is 414 g/mol. The van der Waals surface area contributed by atoms with Gasteiger partial charge in [-0.05, 0) is 41.8 Å². The highest BCUT2D eigenvalue weighted by molar-refractivity contribution is 9.10. The molecule has 0 amide bonds. The molecule has 150 valence electrons. The number of hydrogen-bond acceptors (Lipinski definition) is 5. The minimum absolute atomic E-state index is 0.169. The third-order valence-corrected chi connectivity index (χ3v) is 5.72. The SMILES string of the molecule is CCCCO[C@@H]1CO[C@@H](c2cc(Br)c3c(=O)[nH]cnn23)[C@]1(C)OCCCC. The van der Waals surface area contributed by atoms with Crippen LogP contribution in [-0.2, 0) is 14.2 Å². The van der Waals surface area contributed by atoms with Crippen molar-refractivity contribution in [3.8, 4) is 0 Å². The van der Waals surface area contributed by atoms with Gasteiger partial charge in [0.25, 0.3) is 5.56 Å². The number of aromatic amines is 1. The summed E-state index contributed by atoms with van der Waals surface area (Å²) in [4.78, 5) is 14.8. The number of H-pyrrole nitrogens is 1. The van der Waals surface area contributed by atoms with Gasteiger partial charge in [-0.2, -0.15) is 5.10 Å². The summed E-state index contributed by atoms with van der Waals surface area (Å²) in [6, 6.07) is 1.89. The molecule has 0 radical (unpaired) electrons. The molecule has 0 saturated carbocycles. The maximum atomic E-state index is 12.2. The molecule has 0 aromatic carbocycles. The Bertz CT molecular complexity index is 821. The van der Waals surface area contributed by atoms with Crippen LogP contribution in [0.5, 0.6) is 0 Å². The van der Waals surface area contributed by atoms with Gasteiger partial charge < -0.3 is 19.2 Å². The summed E-state index contributed by atoms with van der Waals surface area (Å²) in [5, 5.41) is 4.32. The minimum atomic E-state index is -0.652. The fraction of sp³-hybridized carbons (Fsp3) is 0.684. The fourth-order valence-electron chi connectivity index (χ4n) is 3.47. The Morgan fingerprint density at radius 1 is 1.37 bits per heavy atom. The molecular formula is C19H28BrN3O4. The first-order valence-electron chi connectivity index (χ1n) is 9.64. The monoisotopic (exact) mass is 441 g/mol. The molecule has 0 unspecified atom stereocenters. The molecule has 3 heterocycles. The predicted molar refractivity (Wildman–Crippen MR) is 106 cm³/mol. The Morgan fingerprint density at radius 3 is 2.85 bits per heavy atom. The van der Waals surface area contributed by atoms with E-state index in [1.54, 1.807) is 4.52 Å². The third-order valence-electron chi connectivity index (χ3n) is 5.11. The number of nitrogens with one attached hydrogen (secondary N) is 1. The lowest BCUT2D eigenvalue weighted by Crippen LogP contribution is -2.45. The van der Waals surface area contributed by atoms with E-state index >= 15 is 0 Å². The van der Waals surface area contributed by atoms with Gasteiger partial charge in [0.2, 0.25) is 0 Å². The van der Waals surface area contributed by atoms with Gasteiger partial charge in [0, 0.05) is 13.2 Å². The van der Waals surface area contributed by atoms with E-state index in [-0.39, 0.29) is 17.8 Å². The molecule has 2 aromatic rings. The molecule has 0 aliphatic carbocycles. The second-order valence-corrected chi connectivity index (χ2v) is 7.96. The lowest BCUT2D eigenvalue weighted by atomic mass is 9.92. The molecule has 3 atom stereocenters. The molecule has 0 spiro atoms. The maximum absolute atomic E-state index is 12.2. The van der Waals surface area contributed by atoms with Crippen LogP contribution >= 0.6 is 15.9 Å². The van der Waals surface area contributed by atoms with E-state index in [0.29, 0.717) is 29.8 Å². The van der Waals surface area contributed by atoms with Crippen LogP contribution in [0.15, 0.2) is 21.7 Å². The van der Waals surface area contributed by atoms with Gasteiger partial charge >= 0.3 is 0 Å². The average molecular weight is 442 g/mol. The van der Waals surface area contributed by atoms with Crippen LogP contribution in [0, 0.1) is 0 Å². The zero-order valence-corrected chi connectivity index (χ0v) is 17.8. The molecule has 1 saturated heterocycles. The van der Waals surface area contributed by atoms with E-state index in [9.17, 15) is 4.79 Å². The van der Waals surface area contributed by atoms with Crippen molar-refractivity contribution in [2.24, 2.45) is 0 Å². The molecule has 7 nitrogen and oxygen atoms in total. The standard InChI is InChI=1S/C19H28BrN3O4/c1-4-6-8-25-15-11-26-17(19(15,3)27-9-7-5-2)14-10-13(20)16-18(24)21-12-22-23(14)16/h10,12,15,17H,4-9,11H2,1-3H3,(H,21,22,24)/t15-,17+,19-/m1/s1. The summed E-state index contributed by atoms with van der Waals surface area (Å²) in [6.45, 7) is 8.08. The van der Waals surface area contributed by atoms with Crippen molar-refractivity contribution >= 4 is 21.4 Å². The zero-order valence-electron chi connectivity index (χ0n) is 16.2. The van der Waals surface area contributed by atoms with Crippen LogP contribution in [-0.4, -0.2) is 46.1 Å². The molecule has 3 rings (SSSR count). The third kappa shape index (κ3) is 3.99. The van der Waals surface area contributed by atoms with Crippen molar-refractivity contribution < 1.29 is 14.2 Å².